The molecule has 0 aliphatic rings. The largest absolute Gasteiger partial charge is 0.361 e. The topological polar surface area (TPSA) is 44.9 Å². The number of carbonyl (C=O) groups excluding carboxylic acids is 1. The average molecular weight is 411 g/mol. The van der Waals surface area contributed by atoms with Crippen LogP contribution >= 0.6 is 0 Å². The van der Waals surface area contributed by atoms with Crippen molar-refractivity contribution in [3.8, 4) is 0 Å². The molecule has 0 aliphatic carbocycles. The third-order valence-corrected chi connectivity index (χ3v) is 5.90. The zero-order valence-electron chi connectivity index (χ0n) is 18.7. The Morgan fingerprint density at radius 2 is 1.61 bits per heavy atom. The molecular formula is C28H30N2O. The van der Waals surface area contributed by atoms with Crippen LogP contribution in [-0.4, -0.2) is 10.9 Å². The van der Waals surface area contributed by atoms with E-state index in [1.807, 2.05) is 49.5 Å². The number of carbonyl (C=O) groups is 1. The van der Waals surface area contributed by atoms with Gasteiger partial charge in [-0.2, -0.15) is 0 Å². The number of fused-ring (bicyclic) bond motifs is 1. The predicted octanol–water partition coefficient (Wildman–Crippen LogP) is 6.93. The van der Waals surface area contributed by atoms with Gasteiger partial charge in [0.1, 0.15) is 0 Å². The summed E-state index contributed by atoms with van der Waals surface area (Å²) in [6.07, 6.45) is 2.43. The number of para-hydroxylation sites is 1. The summed E-state index contributed by atoms with van der Waals surface area (Å²) in [6.45, 7) is 8.69. The van der Waals surface area contributed by atoms with Crippen LogP contribution in [0.25, 0.3) is 10.9 Å². The Bertz CT molecular complexity index is 1180. The molecule has 4 aromatic rings. The van der Waals surface area contributed by atoms with Crippen LogP contribution in [0.1, 0.15) is 55.4 Å². The fraction of sp³-hybridized carbons (Fsp3) is 0.250. The number of aromatic amines is 1. The lowest BCUT2D eigenvalue weighted by Crippen LogP contribution is -2.17. The quantitative estimate of drug-likeness (QED) is 0.368. The van der Waals surface area contributed by atoms with Gasteiger partial charge in [0.2, 0.25) is 5.91 Å². The van der Waals surface area contributed by atoms with Gasteiger partial charge in [0.05, 0.1) is 0 Å². The lowest BCUT2D eigenvalue weighted by Gasteiger charge is -2.22. The van der Waals surface area contributed by atoms with Gasteiger partial charge in [-0.15, -0.1) is 0 Å². The number of hydrogen-bond donors (Lipinski definition) is 2. The first kappa shape index (κ1) is 20.9. The molecule has 0 aliphatic heterocycles. The van der Waals surface area contributed by atoms with Crippen molar-refractivity contribution < 1.29 is 4.79 Å². The fourth-order valence-corrected chi connectivity index (χ4v) is 4.04. The third-order valence-electron chi connectivity index (χ3n) is 5.90. The second kappa shape index (κ2) is 8.43. The van der Waals surface area contributed by atoms with Gasteiger partial charge in [0, 0.05) is 35.1 Å². The fourth-order valence-electron chi connectivity index (χ4n) is 4.04. The van der Waals surface area contributed by atoms with Crippen LogP contribution in [0.5, 0.6) is 0 Å². The van der Waals surface area contributed by atoms with Crippen molar-refractivity contribution in [1.29, 1.82) is 0 Å². The molecule has 1 aromatic heterocycles. The molecule has 0 saturated heterocycles. The molecule has 0 bridgehead atoms. The lowest BCUT2D eigenvalue weighted by molar-refractivity contribution is -0.116. The van der Waals surface area contributed by atoms with Crippen LogP contribution in [0.4, 0.5) is 5.69 Å². The van der Waals surface area contributed by atoms with Crippen LogP contribution in [0.15, 0.2) is 79.0 Å². The molecule has 3 aromatic carbocycles. The summed E-state index contributed by atoms with van der Waals surface area (Å²) >= 11 is 0. The molecule has 2 N–H and O–H groups in total. The minimum absolute atomic E-state index is 0.0130. The molecule has 3 heteroatoms. The summed E-state index contributed by atoms with van der Waals surface area (Å²) in [5.41, 5.74) is 6.78. The maximum Gasteiger partial charge on any atom is 0.225 e. The Balaban J connectivity index is 1.67. The Hall–Kier alpha value is -3.33. The van der Waals surface area contributed by atoms with E-state index in [0.29, 0.717) is 6.42 Å². The summed E-state index contributed by atoms with van der Waals surface area (Å²) in [6, 6.07) is 24.9. The summed E-state index contributed by atoms with van der Waals surface area (Å²) < 4.78 is 0. The van der Waals surface area contributed by atoms with Gasteiger partial charge in [-0.25, -0.2) is 0 Å². The van der Waals surface area contributed by atoms with Gasteiger partial charge in [0.25, 0.3) is 0 Å². The van der Waals surface area contributed by atoms with Gasteiger partial charge in [0.15, 0.2) is 0 Å². The molecule has 4 rings (SSSR count). The first-order valence-corrected chi connectivity index (χ1v) is 10.8. The maximum atomic E-state index is 13.0. The summed E-state index contributed by atoms with van der Waals surface area (Å²) in [5, 5.41) is 4.23. The molecule has 0 radical (unpaired) electrons. The van der Waals surface area contributed by atoms with Crippen molar-refractivity contribution in [3.05, 3.63) is 101 Å². The first-order valence-electron chi connectivity index (χ1n) is 10.8. The number of hydrogen-bond acceptors (Lipinski definition) is 1. The molecule has 31 heavy (non-hydrogen) atoms. The van der Waals surface area contributed by atoms with Gasteiger partial charge in [-0.05, 0) is 47.2 Å². The Kier molecular flexibility index (Phi) is 5.69. The number of aryl methyl sites for hydroxylation is 1. The highest BCUT2D eigenvalue weighted by molar-refractivity contribution is 5.92. The van der Waals surface area contributed by atoms with Crippen molar-refractivity contribution >= 4 is 22.5 Å². The molecule has 1 heterocycles. The molecule has 3 nitrogen and oxygen atoms in total. The molecule has 158 valence electrons. The van der Waals surface area contributed by atoms with Crippen molar-refractivity contribution in [2.45, 2.75) is 45.4 Å². The van der Waals surface area contributed by atoms with E-state index in [9.17, 15) is 4.79 Å². The highest BCUT2D eigenvalue weighted by Crippen LogP contribution is 2.35. The summed E-state index contributed by atoms with van der Waals surface area (Å²) in [7, 11) is 0. The van der Waals surface area contributed by atoms with Crippen molar-refractivity contribution in [3.63, 3.8) is 0 Å². The van der Waals surface area contributed by atoms with Crippen molar-refractivity contribution in [2.75, 3.05) is 5.32 Å². The average Bonchev–Trinajstić information content (AvgIpc) is 3.17. The van der Waals surface area contributed by atoms with Crippen LogP contribution in [0.3, 0.4) is 0 Å². The molecule has 1 amide bonds. The molecule has 1 atom stereocenters. The number of amides is 1. The second-order valence-corrected chi connectivity index (χ2v) is 9.33. The van der Waals surface area contributed by atoms with E-state index >= 15 is 0 Å². The van der Waals surface area contributed by atoms with E-state index in [4.69, 9.17) is 0 Å². The Labute approximate surface area is 184 Å². The number of rotatable bonds is 5. The van der Waals surface area contributed by atoms with E-state index in [-0.39, 0.29) is 17.2 Å². The van der Waals surface area contributed by atoms with Gasteiger partial charge < -0.3 is 10.3 Å². The predicted molar refractivity (Wildman–Crippen MR) is 130 cm³/mol. The number of benzene rings is 3. The van der Waals surface area contributed by atoms with Crippen molar-refractivity contribution in [2.24, 2.45) is 0 Å². The standard InChI is InChI=1S/C28H30N2O/c1-19-9-15-22(16-10-19)30-27(31)17-24(20-11-13-21(14-12-20)28(2,3)4)25-18-29-26-8-6-5-7-23(25)26/h5-16,18,24,29H,17H2,1-4H3,(H,30,31)/t24-/m1/s1. The summed E-state index contributed by atoms with van der Waals surface area (Å²) in [5.74, 6) is -0.0188. The molecule has 0 saturated carbocycles. The number of H-pyrrole nitrogens is 1. The third kappa shape index (κ3) is 4.72. The van der Waals surface area contributed by atoms with E-state index in [0.717, 1.165) is 27.7 Å². The van der Waals surface area contributed by atoms with Crippen LogP contribution in [0.2, 0.25) is 0 Å². The monoisotopic (exact) mass is 410 g/mol. The smallest absolute Gasteiger partial charge is 0.225 e. The summed E-state index contributed by atoms with van der Waals surface area (Å²) in [4.78, 5) is 16.4. The van der Waals surface area contributed by atoms with E-state index in [1.165, 1.54) is 11.1 Å². The zero-order valence-corrected chi connectivity index (χ0v) is 18.7. The maximum absolute atomic E-state index is 13.0. The van der Waals surface area contributed by atoms with Gasteiger partial charge in [-0.3, -0.25) is 4.79 Å². The normalized spacial score (nSPS) is 12.6. The van der Waals surface area contributed by atoms with Crippen LogP contribution in [0, 0.1) is 6.92 Å². The van der Waals surface area contributed by atoms with Crippen LogP contribution in [-0.2, 0) is 10.2 Å². The van der Waals surface area contributed by atoms with Gasteiger partial charge >= 0.3 is 0 Å². The van der Waals surface area contributed by atoms with Crippen LogP contribution < -0.4 is 5.32 Å². The molecule has 0 spiro atoms. The second-order valence-electron chi connectivity index (χ2n) is 9.33. The number of anilines is 1. The highest BCUT2D eigenvalue weighted by Gasteiger charge is 2.22. The zero-order chi connectivity index (χ0) is 22.0. The number of nitrogens with one attached hydrogen (secondary N) is 2. The van der Waals surface area contributed by atoms with E-state index in [2.05, 4.69) is 67.5 Å². The first-order chi connectivity index (χ1) is 14.8. The highest BCUT2D eigenvalue weighted by atomic mass is 16.1. The Morgan fingerprint density at radius 3 is 2.29 bits per heavy atom. The van der Waals surface area contributed by atoms with Gasteiger partial charge in [-0.1, -0.05) is 80.9 Å². The SMILES string of the molecule is Cc1ccc(NC(=O)C[C@H](c2ccc(C(C)(C)C)cc2)c2c[nH]c3ccccc23)cc1. The van der Waals surface area contributed by atoms with E-state index < -0.39 is 0 Å². The Morgan fingerprint density at radius 1 is 0.935 bits per heavy atom. The van der Waals surface area contributed by atoms with Crippen molar-refractivity contribution in [1.82, 2.24) is 4.98 Å². The lowest BCUT2D eigenvalue weighted by atomic mass is 9.83. The van der Waals surface area contributed by atoms with E-state index in [1.54, 1.807) is 0 Å². The number of aromatic nitrogens is 1. The molecule has 0 unspecified atom stereocenters. The molecular weight excluding hydrogens is 380 g/mol. The molecule has 0 fully saturated rings. The minimum atomic E-state index is -0.0318. The minimum Gasteiger partial charge on any atom is -0.361 e.